The number of aromatic nitrogens is 4. The third kappa shape index (κ3) is 4.25. The van der Waals surface area contributed by atoms with Crippen LogP contribution in [0, 0.1) is 0 Å². The summed E-state index contributed by atoms with van der Waals surface area (Å²) in [5.41, 5.74) is 5.95. The topological polar surface area (TPSA) is 57.3 Å². The summed E-state index contributed by atoms with van der Waals surface area (Å²) in [5.74, 6) is 0.952. The first-order chi connectivity index (χ1) is 15.5. The van der Waals surface area contributed by atoms with Crippen LogP contribution in [0.3, 0.4) is 0 Å². The van der Waals surface area contributed by atoms with Crippen molar-refractivity contribution in [3.05, 3.63) is 54.1 Å². The number of fused-ring (bicyclic) bond motifs is 2. The van der Waals surface area contributed by atoms with Crippen molar-refractivity contribution in [1.82, 2.24) is 19.5 Å². The minimum absolute atomic E-state index is 0.125. The zero-order valence-electron chi connectivity index (χ0n) is 19.3. The standard InChI is InChI=1S/C26H31N5O/c1-26(2,3)20-11-9-19(10-12-20)24-29-23-25(28-22-8-5-4-7-21(22)27-23)31(24)14-6-13-30-15-17-32-18-16-30/h4-5,7-12H,6,13-18H2,1-3H3/p+1. The van der Waals surface area contributed by atoms with Crippen molar-refractivity contribution in [2.75, 3.05) is 32.8 Å². The summed E-state index contributed by atoms with van der Waals surface area (Å²) in [6.45, 7) is 12.7. The SMILES string of the molecule is CC(C)(C)c1ccc(-c2nc3nc4ccccc4nc3n2CCC[NH+]2CCOCC2)cc1. The van der Waals surface area contributed by atoms with Gasteiger partial charge < -0.3 is 14.2 Å². The molecule has 2 aromatic heterocycles. The van der Waals surface area contributed by atoms with E-state index in [1.54, 1.807) is 4.90 Å². The molecule has 0 spiro atoms. The molecule has 1 fully saturated rings. The Kier molecular flexibility index (Phi) is 5.66. The summed E-state index contributed by atoms with van der Waals surface area (Å²) in [6, 6.07) is 16.8. The first-order valence-electron chi connectivity index (χ1n) is 11.6. The minimum atomic E-state index is 0.125. The Hall–Kier alpha value is -2.83. The number of rotatable bonds is 5. The van der Waals surface area contributed by atoms with E-state index in [2.05, 4.69) is 49.6 Å². The highest BCUT2D eigenvalue weighted by Crippen LogP contribution is 2.28. The van der Waals surface area contributed by atoms with Crippen molar-refractivity contribution in [2.24, 2.45) is 0 Å². The molecule has 4 aromatic rings. The van der Waals surface area contributed by atoms with Gasteiger partial charge >= 0.3 is 0 Å². The number of para-hydroxylation sites is 2. The lowest BCUT2D eigenvalue weighted by Gasteiger charge is -2.23. The first-order valence-corrected chi connectivity index (χ1v) is 11.6. The quantitative estimate of drug-likeness (QED) is 0.528. The van der Waals surface area contributed by atoms with Crippen molar-refractivity contribution >= 4 is 22.3 Å². The third-order valence-electron chi connectivity index (χ3n) is 6.38. The molecule has 0 atom stereocenters. The zero-order valence-corrected chi connectivity index (χ0v) is 19.3. The summed E-state index contributed by atoms with van der Waals surface area (Å²) < 4.78 is 7.77. The maximum Gasteiger partial charge on any atom is 0.198 e. The maximum atomic E-state index is 5.51. The molecule has 5 rings (SSSR count). The third-order valence-corrected chi connectivity index (χ3v) is 6.38. The van der Waals surface area contributed by atoms with Gasteiger partial charge in [0.1, 0.15) is 18.9 Å². The normalized spacial score (nSPS) is 15.6. The van der Waals surface area contributed by atoms with E-state index in [0.717, 1.165) is 79.5 Å². The Morgan fingerprint density at radius 3 is 2.28 bits per heavy atom. The molecule has 1 N–H and O–H groups in total. The number of nitrogens with zero attached hydrogens (tertiary/aromatic N) is 4. The van der Waals surface area contributed by atoms with Crippen LogP contribution in [0.2, 0.25) is 0 Å². The molecule has 1 aliphatic heterocycles. The fourth-order valence-corrected chi connectivity index (χ4v) is 4.45. The number of quaternary nitrogens is 1. The number of aryl methyl sites for hydroxylation is 1. The molecule has 0 radical (unpaired) electrons. The smallest absolute Gasteiger partial charge is 0.198 e. The van der Waals surface area contributed by atoms with Crippen molar-refractivity contribution in [2.45, 2.75) is 39.2 Å². The van der Waals surface area contributed by atoms with Gasteiger partial charge in [-0.1, -0.05) is 57.2 Å². The number of ether oxygens (including phenoxy) is 1. The Morgan fingerprint density at radius 2 is 1.59 bits per heavy atom. The monoisotopic (exact) mass is 430 g/mol. The van der Waals surface area contributed by atoms with Crippen LogP contribution in [-0.4, -0.2) is 52.4 Å². The highest BCUT2D eigenvalue weighted by Gasteiger charge is 2.19. The summed E-state index contributed by atoms with van der Waals surface area (Å²) in [7, 11) is 0. The van der Waals surface area contributed by atoms with Crippen LogP contribution in [0.25, 0.3) is 33.7 Å². The number of nitrogens with one attached hydrogen (secondary N) is 1. The van der Waals surface area contributed by atoms with Gasteiger partial charge in [-0.3, -0.25) is 0 Å². The molecule has 0 unspecified atom stereocenters. The summed E-state index contributed by atoms with van der Waals surface area (Å²) >= 11 is 0. The van der Waals surface area contributed by atoms with Gasteiger partial charge in [0.25, 0.3) is 0 Å². The highest BCUT2D eigenvalue weighted by molar-refractivity contribution is 5.84. The minimum Gasteiger partial charge on any atom is -0.370 e. The molecule has 6 nitrogen and oxygen atoms in total. The maximum absolute atomic E-state index is 5.51. The van der Waals surface area contributed by atoms with E-state index in [1.165, 1.54) is 5.56 Å². The molecule has 1 saturated heterocycles. The average Bonchev–Trinajstić information content (AvgIpc) is 3.15. The van der Waals surface area contributed by atoms with Gasteiger partial charge in [0.15, 0.2) is 11.3 Å². The van der Waals surface area contributed by atoms with E-state index in [-0.39, 0.29) is 5.41 Å². The molecule has 0 bridgehead atoms. The number of morpholine rings is 1. The van der Waals surface area contributed by atoms with E-state index < -0.39 is 0 Å². The van der Waals surface area contributed by atoms with E-state index in [1.807, 2.05) is 24.3 Å². The van der Waals surface area contributed by atoms with Gasteiger partial charge in [0.05, 0.1) is 30.8 Å². The molecule has 3 heterocycles. The van der Waals surface area contributed by atoms with Crippen LogP contribution in [0.4, 0.5) is 0 Å². The molecular weight excluding hydrogens is 398 g/mol. The van der Waals surface area contributed by atoms with E-state index >= 15 is 0 Å². The summed E-state index contributed by atoms with van der Waals surface area (Å²) in [6.07, 6.45) is 1.07. The Bertz CT molecular complexity index is 1220. The molecule has 0 saturated carbocycles. The molecule has 1 aliphatic rings. The second-order valence-corrected chi connectivity index (χ2v) is 9.74. The molecule has 0 amide bonds. The zero-order chi connectivity index (χ0) is 22.1. The molecule has 6 heteroatoms. The average molecular weight is 431 g/mol. The highest BCUT2D eigenvalue weighted by atomic mass is 16.5. The van der Waals surface area contributed by atoms with Gasteiger partial charge in [-0.05, 0) is 23.1 Å². The van der Waals surface area contributed by atoms with Crippen LogP contribution in [0.15, 0.2) is 48.5 Å². The van der Waals surface area contributed by atoms with E-state index in [0.29, 0.717) is 0 Å². The number of imidazole rings is 1. The number of hydrogen-bond donors (Lipinski definition) is 1. The largest absolute Gasteiger partial charge is 0.370 e. The van der Waals surface area contributed by atoms with Crippen LogP contribution in [0.1, 0.15) is 32.8 Å². The molecule has 2 aromatic carbocycles. The van der Waals surface area contributed by atoms with Crippen molar-refractivity contribution in [3.63, 3.8) is 0 Å². The van der Waals surface area contributed by atoms with Crippen LogP contribution in [-0.2, 0) is 16.7 Å². The Morgan fingerprint density at radius 1 is 0.906 bits per heavy atom. The second kappa shape index (κ2) is 8.60. The van der Waals surface area contributed by atoms with Crippen molar-refractivity contribution in [1.29, 1.82) is 0 Å². The van der Waals surface area contributed by atoms with E-state index in [9.17, 15) is 0 Å². The number of benzene rings is 2. The van der Waals surface area contributed by atoms with Gasteiger partial charge in [-0.15, -0.1) is 0 Å². The van der Waals surface area contributed by atoms with Crippen molar-refractivity contribution in [3.8, 4) is 11.4 Å². The van der Waals surface area contributed by atoms with Crippen LogP contribution >= 0.6 is 0 Å². The lowest BCUT2D eigenvalue weighted by Crippen LogP contribution is -3.14. The molecule has 166 valence electrons. The van der Waals surface area contributed by atoms with Gasteiger partial charge in [0, 0.05) is 18.5 Å². The Balaban J connectivity index is 1.52. The van der Waals surface area contributed by atoms with Crippen LogP contribution in [0.5, 0.6) is 0 Å². The second-order valence-electron chi connectivity index (χ2n) is 9.74. The van der Waals surface area contributed by atoms with Gasteiger partial charge in [-0.2, -0.15) is 0 Å². The molecular formula is C26H32N5O+. The van der Waals surface area contributed by atoms with Crippen molar-refractivity contribution < 1.29 is 9.64 Å². The van der Waals surface area contributed by atoms with Gasteiger partial charge in [0.2, 0.25) is 0 Å². The first kappa shape index (κ1) is 21.0. The molecule has 0 aliphatic carbocycles. The fourth-order valence-electron chi connectivity index (χ4n) is 4.45. The summed E-state index contributed by atoms with van der Waals surface area (Å²) in [5, 5.41) is 0. The predicted octanol–water partition coefficient (Wildman–Crippen LogP) is 3.25. The van der Waals surface area contributed by atoms with E-state index in [4.69, 9.17) is 19.7 Å². The Labute approximate surface area is 189 Å². The van der Waals surface area contributed by atoms with Crippen LogP contribution < -0.4 is 4.90 Å². The predicted molar refractivity (Wildman–Crippen MR) is 128 cm³/mol. The lowest BCUT2D eigenvalue weighted by molar-refractivity contribution is -0.908. The number of hydrogen-bond acceptors (Lipinski definition) is 4. The molecule has 32 heavy (non-hydrogen) atoms. The fraction of sp³-hybridized carbons (Fsp3) is 0.423. The summed E-state index contributed by atoms with van der Waals surface area (Å²) in [4.78, 5) is 16.4. The lowest BCUT2D eigenvalue weighted by atomic mass is 9.87. The van der Waals surface area contributed by atoms with Gasteiger partial charge in [-0.25, -0.2) is 15.0 Å².